The van der Waals surface area contributed by atoms with Crippen LogP contribution < -0.4 is 5.32 Å². The number of anilines is 1. The third-order valence-electron chi connectivity index (χ3n) is 4.52. The van der Waals surface area contributed by atoms with Gasteiger partial charge in [-0.2, -0.15) is 5.10 Å². The van der Waals surface area contributed by atoms with Gasteiger partial charge in [0.2, 0.25) is 0 Å². The van der Waals surface area contributed by atoms with Gasteiger partial charge >= 0.3 is 0 Å². The highest BCUT2D eigenvalue weighted by Gasteiger charge is 2.18. The summed E-state index contributed by atoms with van der Waals surface area (Å²) in [5.74, 6) is 0.855. The first-order valence-corrected chi connectivity index (χ1v) is 9.52. The molecule has 0 aliphatic carbocycles. The summed E-state index contributed by atoms with van der Waals surface area (Å²) in [5.41, 5.74) is 6.23. The molecule has 142 valence electrons. The van der Waals surface area contributed by atoms with E-state index in [9.17, 15) is 0 Å². The lowest BCUT2D eigenvalue weighted by Gasteiger charge is -2.19. The van der Waals surface area contributed by atoms with E-state index in [1.807, 2.05) is 28.9 Å². The van der Waals surface area contributed by atoms with Gasteiger partial charge in [0.25, 0.3) is 0 Å². The third-order valence-corrected chi connectivity index (χ3v) is 4.52. The van der Waals surface area contributed by atoms with Gasteiger partial charge in [0.15, 0.2) is 5.65 Å². The van der Waals surface area contributed by atoms with Crippen molar-refractivity contribution >= 4 is 11.5 Å². The van der Waals surface area contributed by atoms with Gasteiger partial charge in [-0.25, -0.2) is 14.5 Å². The standard InChI is InChI=1S/C23H25N5/c1-16-7-5-8-17(13-16)21-22(28-20(27-21)9-6-11-26-28)18-10-12-24-19(14-18)25-15-23(2,3)4/h5-14H,15H2,1-4H3,(H,24,25). The van der Waals surface area contributed by atoms with Crippen LogP contribution in [-0.4, -0.2) is 26.1 Å². The molecule has 3 heterocycles. The fourth-order valence-corrected chi connectivity index (χ4v) is 3.17. The molecule has 0 spiro atoms. The van der Waals surface area contributed by atoms with Crippen molar-refractivity contribution in [3.63, 3.8) is 0 Å². The maximum absolute atomic E-state index is 4.87. The monoisotopic (exact) mass is 371 g/mol. The Balaban J connectivity index is 1.85. The van der Waals surface area contributed by atoms with Gasteiger partial charge in [-0.3, -0.25) is 0 Å². The van der Waals surface area contributed by atoms with Crippen LogP contribution in [0.1, 0.15) is 26.3 Å². The zero-order valence-corrected chi connectivity index (χ0v) is 16.8. The van der Waals surface area contributed by atoms with Gasteiger partial charge in [0.05, 0.1) is 5.69 Å². The summed E-state index contributed by atoms with van der Waals surface area (Å²) < 4.78 is 1.90. The van der Waals surface area contributed by atoms with E-state index in [0.717, 1.165) is 40.5 Å². The number of benzene rings is 1. The minimum absolute atomic E-state index is 0.176. The number of rotatable bonds is 4. The maximum Gasteiger partial charge on any atom is 0.154 e. The summed E-state index contributed by atoms with van der Waals surface area (Å²) in [6, 6.07) is 16.4. The predicted octanol–water partition coefficient (Wildman–Crippen LogP) is 5.22. The highest BCUT2D eigenvalue weighted by atomic mass is 15.3. The summed E-state index contributed by atoms with van der Waals surface area (Å²) >= 11 is 0. The minimum Gasteiger partial charge on any atom is -0.370 e. The molecule has 0 unspecified atom stereocenters. The molecule has 1 aromatic carbocycles. The molecule has 4 rings (SSSR count). The lowest BCUT2D eigenvalue weighted by atomic mass is 9.97. The maximum atomic E-state index is 4.87. The first-order chi connectivity index (χ1) is 13.4. The van der Waals surface area contributed by atoms with Crippen LogP contribution >= 0.6 is 0 Å². The zero-order chi connectivity index (χ0) is 19.7. The van der Waals surface area contributed by atoms with E-state index in [0.29, 0.717) is 0 Å². The van der Waals surface area contributed by atoms with Gasteiger partial charge in [-0.15, -0.1) is 0 Å². The Labute approximate surface area is 165 Å². The van der Waals surface area contributed by atoms with Crippen molar-refractivity contribution in [1.82, 2.24) is 19.6 Å². The van der Waals surface area contributed by atoms with Crippen molar-refractivity contribution in [2.24, 2.45) is 5.41 Å². The highest BCUT2D eigenvalue weighted by Crippen LogP contribution is 2.33. The topological polar surface area (TPSA) is 55.1 Å². The Morgan fingerprint density at radius 3 is 2.61 bits per heavy atom. The van der Waals surface area contributed by atoms with Crippen LogP contribution in [0, 0.1) is 12.3 Å². The number of hydrogen-bond acceptors (Lipinski definition) is 4. The molecule has 0 fully saturated rings. The molecule has 0 aliphatic rings. The number of hydrogen-bond donors (Lipinski definition) is 1. The van der Waals surface area contributed by atoms with E-state index >= 15 is 0 Å². The van der Waals surface area contributed by atoms with Gasteiger partial charge in [0.1, 0.15) is 11.5 Å². The Kier molecular flexibility index (Phi) is 4.59. The van der Waals surface area contributed by atoms with E-state index in [2.05, 4.69) is 73.4 Å². The molecule has 0 saturated carbocycles. The second-order valence-corrected chi connectivity index (χ2v) is 8.32. The van der Waals surface area contributed by atoms with Crippen LogP contribution in [0.15, 0.2) is 60.9 Å². The zero-order valence-electron chi connectivity index (χ0n) is 16.8. The lowest BCUT2D eigenvalue weighted by molar-refractivity contribution is 0.442. The van der Waals surface area contributed by atoms with Crippen LogP contribution in [0.3, 0.4) is 0 Å². The van der Waals surface area contributed by atoms with E-state index in [1.54, 1.807) is 6.20 Å². The van der Waals surface area contributed by atoms with Crippen molar-refractivity contribution in [3.8, 4) is 22.5 Å². The van der Waals surface area contributed by atoms with Crippen molar-refractivity contribution < 1.29 is 0 Å². The smallest absolute Gasteiger partial charge is 0.154 e. The minimum atomic E-state index is 0.176. The Bertz CT molecular complexity index is 1120. The molecule has 5 heteroatoms. The first kappa shape index (κ1) is 18.2. The second-order valence-electron chi connectivity index (χ2n) is 8.32. The number of aryl methyl sites for hydroxylation is 1. The van der Waals surface area contributed by atoms with Crippen molar-refractivity contribution in [2.75, 3.05) is 11.9 Å². The molecular weight excluding hydrogens is 346 g/mol. The van der Waals surface area contributed by atoms with Gasteiger partial charge in [0, 0.05) is 30.1 Å². The Morgan fingerprint density at radius 2 is 1.82 bits per heavy atom. The molecule has 0 aliphatic heterocycles. The summed E-state index contributed by atoms with van der Waals surface area (Å²) in [6.07, 6.45) is 3.63. The molecule has 0 atom stereocenters. The number of nitrogens with zero attached hydrogens (tertiary/aromatic N) is 4. The molecular formula is C23H25N5. The average Bonchev–Trinajstić information content (AvgIpc) is 3.06. The number of pyridine rings is 1. The van der Waals surface area contributed by atoms with Crippen molar-refractivity contribution in [2.45, 2.75) is 27.7 Å². The molecule has 5 nitrogen and oxygen atoms in total. The molecule has 1 N–H and O–H groups in total. The van der Waals surface area contributed by atoms with E-state index in [4.69, 9.17) is 4.98 Å². The fourth-order valence-electron chi connectivity index (χ4n) is 3.17. The third kappa shape index (κ3) is 3.74. The number of imidazole rings is 1. The van der Waals surface area contributed by atoms with E-state index in [-0.39, 0.29) is 5.41 Å². The average molecular weight is 371 g/mol. The van der Waals surface area contributed by atoms with Crippen molar-refractivity contribution in [3.05, 3.63) is 66.5 Å². The summed E-state index contributed by atoms with van der Waals surface area (Å²) in [5, 5.41) is 8.00. The normalized spacial score (nSPS) is 11.7. The second kappa shape index (κ2) is 7.08. The molecule has 4 aromatic rings. The number of aromatic nitrogens is 4. The van der Waals surface area contributed by atoms with E-state index < -0.39 is 0 Å². The summed E-state index contributed by atoms with van der Waals surface area (Å²) in [6.45, 7) is 9.55. The SMILES string of the molecule is Cc1cccc(-c2nc3cccnn3c2-c2ccnc(NCC(C)(C)C)c2)c1. The summed E-state index contributed by atoms with van der Waals surface area (Å²) in [7, 11) is 0. The van der Waals surface area contributed by atoms with Gasteiger partial charge in [-0.05, 0) is 42.7 Å². The summed E-state index contributed by atoms with van der Waals surface area (Å²) in [4.78, 5) is 9.36. The number of fused-ring (bicyclic) bond motifs is 1. The fraction of sp³-hybridized carbons (Fsp3) is 0.261. The van der Waals surface area contributed by atoms with Gasteiger partial charge in [-0.1, -0.05) is 44.5 Å². The molecule has 0 radical (unpaired) electrons. The molecule has 28 heavy (non-hydrogen) atoms. The largest absolute Gasteiger partial charge is 0.370 e. The van der Waals surface area contributed by atoms with Crippen LogP contribution in [0.5, 0.6) is 0 Å². The number of nitrogens with one attached hydrogen (secondary N) is 1. The molecule has 0 bridgehead atoms. The van der Waals surface area contributed by atoms with Crippen LogP contribution in [0.4, 0.5) is 5.82 Å². The van der Waals surface area contributed by atoms with Crippen molar-refractivity contribution in [1.29, 1.82) is 0 Å². The first-order valence-electron chi connectivity index (χ1n) is 9.52. The molecule has 0 amide bonds. The highest BCUT2D eigenvalue weighted by molar-refractivity contribution is 5.82. The molecule has 0 saturated heterocycles. The Hall–Kier alpha value is -3.21. The lowest BCUT2D eigenvalue weighted by Crippen LogP contribution is -2.19. The Morgan fingerprint density at radius 1 is 0.964 bits per heavy atom. The predicted molar refractivity (Wildman–Crippen MR) is 114 cm³/mol. The molecule has 3 aromatic heterocycles. The quantitative estimate of drug-likeness (QED) is 0.534. The van der Waals surface area contributed by atoms with Gasteiger partial charge < -0.3 is 5.32 Å². The van der Waals surface area contributed by atoms with Crippen LogP contribution in [0.2, 0.25) is 0 Å². The van der Waals surface area contributed by atoms with Crippen LogP contribution in [0.25, 0.3) is 28.2 Å². The van der Waals surface area contributed by atoms with E-state index in [1.165, 1.54) is 5.56 Å². The van der Waals surface area contributed by atoms with Crippen LogP contribution in [-0.2, 0) is 0 Å².